The fourth-order valence-corrected chi connectivity index (χ4v) is 6.02. The number of imidazole rings is 1. The third kappa shape index (κ3) is 2.75. The SMILES string of the molecule is O=S1CCc2nc(N3Cc4nc5cc(Cl)ccn5c4C3)nc(NC3(CO)CCC3)c21. The van der Waals surface area contributed by atoms with Crippen molar-refractivity contribution in [2.75, 3.05) is 22.6 Å². The van der Waals surface area contributed by atoms with E-state index in [-0.39, 0.29) is 12.1 Å². The fraction of sp³-hybridized carbons (Fsp3) is 0.450. The molecule has 0 spiro atoms. The highest BCUT2D eigenvalue weighted by Gasteiger charge is 2.39. The van der Waals surface area contributed by atoms with Crippen LogP contribution in [0.5, 0.6) is 0 Å². The van der Waals surface area contributed by atoms with Crippen LogP contribution in [-0.2, 0) is 30.3 Å². The van der Waals surface area contributed by atoms with E-state index in [1.165, 1.54) is 0 Å². The Morgan fingerprint density at radius 1 is 1.23 bits per heavy atom. The van der Waals surface area contributed by atoms with Crippen molar-refractivity contribution in [3.63, 3.8) is 0 Å². The van der Waals surface area contributed by atoms with E-state index in [0.29, 0.717) is 46.9 Å². The molecule has 1 fully saturated rings. The first-order chi connectivity index (χ1) is 14.5. The maximum Gasteiger partial charge on any atom is 0.228 e. The van der Waals surface area contributed by atoms with E-state index in [0.717, 1.165) is 42.0 Å². The molecule has 30 heavy (non-hydrogen) atoms. The Bertz CT molecular complexity index is 1200. The van der Waals surface area contributed by atoms with Gasteiger partial charge in [0.1, 0.15) is 16.4 Å². The first kappa shape index (κ1) is 18.5. The average Bonchev–Trinajstić information content (AvgIpc) is 3.37. The number of aryl methyl sites for hydroxylation is 1. The third-order valence-corrected chi connectivity index (χ3v) is 8.10. The van der Waals surface area contributed by atoms with Gasteiger partial charge in [0.15, 0.2) is 0 Å². The second-order valence-corrected chi connectivity index (χ2v) is 10.2. The lowest BCUT2D eigenvalue weighted by Crippen LogP contribution is -2.48. The zero-order valence-electron chi connectivity index (χ0n) is 16.3. The number of halogens is 1. The van der Waals surface area contributed by atoms with E-state index in [1.54, 1.807) is 0 Å². The number of hydrogen-bond donors (Lipinski definition) is 2. The number of nitrogens with zero attached hydrogens (tertiary/aromatic N) is 5. The van der Waals surface area contributed by atoms with Gasteiger partial charge in [0.05, 0.1) is 53.1 Å². The van der Waals surface area contributed by atoms with Crippen LogP contribution in [-0.4, -0.2) is 46.6 Å². The zero-order valence-corrected chi connectivity index (χ0v) is 17.8. The van der Waals surface area contributed by atoms with E-state index in [4.69, 9.17) is 26.6 Å². The van der Waals surface area contributed by atoms with Gasteiger partial charge >= 0.3 is 0 Å². The minimum absolute atomic E-state index is 0.0438. The highest BCUT2D eigenvalue weighted by atomic mass is 35.5. The molecule has 0 radical (unpaired) electrons. The molecule has 3 aliphatic rings. The second-order valence-electron chi connectivity index (χ2n) is 8.30. The molecule has 0 bridgehead atoms. The van der Waals surface area contributed by atoms with Crippen molar-refractivity contribution in [1.82, 2.24) is 19.4 Å². The maximum absolute atomic E-state index is 12.6. The number of aliphatic hydroxyl groups is 1. The Labute approximate surface area is 180 Å². The highest BCUT2D eigenvalue weighted by Crippen LogP contribution is 2.39. The van der Waals surface area contributed by atoms with Gasteiger partial charge < -0.3 is 19.7 Å². The van der Waals surface area contributed by atoms with Gasteiger partial charge in [-0.15, -0.1) is 0 Å². The lowest BCUT2D eigenvalue weighted by Gasteiger charge is -2.41. The summed E-state index contributed by atoms with van der Waals surface area (Å²) in [4.78, 5) is 17.1. The van der Waals surface area contributed by atoms with Crippen molar-refractivity contribution in [2.24, 2.45) is 0 Å². The molecule has 1 unspecified atom stereocenters. The summed E-state index contributed by atoms with van der Waals surface area (Å²) in [6.07, 6.45) is 5.47. The maximum atomic E-state index is 12.6. The minimum Gasteiger partial charge on any atom is -0.394 e. The molecule has 3 aromatic rings. The van der Waals surface area contributed by atoms with Gasteiger partial charge in [-0.1, -0.05) is 11.6 Å². The van der Waals surface area contributed by atoms with Gasteiger partial charge in [-0.3, -0.25) is 4.21 Å². The molecule has 2 N–H and O–H groups in total. The number of anilines is 2. The first-order valence-electron chi connectivity index (χ1n) is 10.1. The van der Waals surface area contributed by atoms with E-state index in [2.05, 4.69) is 14.6 Å². The van der Waals surface area contributed by atoms with Crippen LogP contribution in [0, 0.1) is 0 Å². The molecule has 8 nitrogen and oxygen atoms in total. The van der Waals surface area contributed by atoms with Crippen molar-refractivity contribution < 1.29 is 9.32 Å². The molecule has 0 aromatic carbocycles. The van der Waals surface area contributed by atoms with Crippen LogP contribution in [0.15, 0.2) is 23.2 Å². The minimum atomic E-state index is -1.10. The van der Waals surface area contributed by atoms with E-state index in [1.807, 2.05) is 18.3 Å². The van der Waals surface area contributed by atoms with Crippen molar-refractivity contribution in [3.8, 4) is 0 Å². The number of aliphatic hydroxyl groups excluding tert-OH is 1. The molecular weight excluding hydrogens is 424 g/mol. The van der Waals surface area contributed by atoms with E-state index < -0.39 is 10.8 Å². The molecule has 0 saturated heterocycles. The number of pyridine rings is 1. The van der Waals surface area contributed by atoms with Crippen LogP contribution in [0.1, 0.15) is 36.3 Å². The van der Waals surface area contributed by atoms with Crippen LogP contribution < -0.4 is 10.2 Å². The quantitative estimate of drug-likeness (QED) is 0.637. The molecule has 1 aliphatic carbocycles. The molecule has 2 aliphatic heterocycles. The largest absolute Gasteiger partial charge is 0.394 e. The zero-order chi connectivity index (χ0) is 20.5. The third-order valence-electron chi connectivity index (χ3n) is 6.41. The van der Waals surface area contributed by atoms with Gasteiger partial charge in [0.25, 0.3) is 0 Å². The predicted molar refractivity (Wildman–Crippen MR) is 114 cm³/mol. The summed E-state index contributed by atoms with van der Waals surface area (Å²) in [6.45, 7) is 1.30. The van der Waals surface area contributed by atoms with Crippen molar-refractivity contribution in [1.29, 1.82) is 0 Å². The van der Waals surface area contributed by atoms with Gasteiger partial charge in [-0.05, 0) is 25.3 Å². The topological polar surface area (TPSA) is 95.7 Å². The monoisotopic (exact) mass is 444 g/mol. The van der Waals surface area contributed by atoms with Gasteiger partial charge in [-0.25, -0.2) is 9.97 Å². The molecule has 10 heteroatoms. The van der Waals surface area contributed by atoms with Crippen LogP contribution in [0.3, 0.4) is 0 Å². The lowest BCUT2D eigenvalue weighted by molar-refractivity contribution is 0.143. The number of hydrogen-bond acceptors (Lipinski definition) is 7. The van der Waals surface area contributed by atoms with Crippen LogP contribution in [0.4, 0.5) is 11.8 Å². The second kappa shape index (κ2) is 6.63. The lowest BCUT2D eigenvalue weighted by atomic mass is 9.77. The Balaban J connectivity index is 1.37. The van der Waals surface area contributed by atoms with Crippen molar-refractivity contribution in [2.45, 2.75) is 49.2 Å². The van der Waals surface area contributed by atoms with Gasteiger partial charge in [0, 0.05) is 29.5 Å². The molecule has 1 atom stereocenters. The average molecular weight is 445 g/mol. The fourth-order valence-electron chi connectivity index (χ4n) is 4.56. The summed E-state index contributed by atoms with van der Waals surface area (Å²) in [5, 5.41) is 14.0. The van der Waals surface area contributed by atoms with Crippen LogP contribution in [0.2, 0.25) is 5.02 Å². The van der Waals surface area contributed by atoms with E-state index in [9.17, 15) is 9.32 Å². The molecule has 0 amide bonds. The molecule has 6 rings (SSSR count). The Hall–Kier alpha value is -2.23. The summed E-state index contributed by atoms with van der Waals surface area (Å²) in [5.41, 5.74) is 3.42. The Morgan fingerprint density at radius 3 is 2.87 bits per heavy atom. The number of aromatic nitrogens is 4. The molecular formula is C20H21ClN6O2S. The van der Waals surface area contributed by atoms with Crippen LogP contribution in [0.25, 0.3) is 5.65 Å². The summed E-state index contributed by atoms with van der Waals surface area (Å²) < 4.78 is 14.7. The van der Waals surface area contributed by atoms with Crippen LogP contribution >= 0.6 is 11.6 Å². The number of fused-ring (bicyclic) bond motifs is 4. The standard InChI is InChI=1S/C20H21ClN6O2S/c21-12-2-6-27-15-10-26(9-14(15)22-16(27)8-12)19-23-13-3-7-30(29)17(13)18(24-19)25-20(11-28)4-1-5-20/h2,6,8,28H,1,3-5,7,9-11H2,(H,23,24,25). The predicted octanol–water partition coefficient (Wildman–Crippen LogP) is 2.29. The number of nitrogens with one attached hydrogen (secondary N) is 1. The highest BCUT2D eigenvalue weighted by molar-refractivity contribution is 7.85. The number of rotatable bonds is 4. The Morgan fingerprint density at radius 2 is 2.10 bits per heavy atom. The van der Waals surface area contributed by atoms with Crippen molar-refractivity contribution in [3.05, 3.63) is 40.4 Å². The smallest absolute Gasteiger partial charge is 0.228 e. The summed E-state index contributed by atoms with van der Waals surface area (Å²) in [5.74, 6) is 1.80. The Kier molecular flexibility index (Phi) is 4.10. The van der Waals surface area contributed by atoms with Gasteiger partial charge in [-0.2, -0.15) is 4.98 Å². The van der Waals surface area contributed by atoms with Gasteiger partial charge in [0.2, 0.25) is 5.95 Å². The normalized spacial score (nSPS) is 21.5. The molecule has 1 saturated carbocycles. The molecule has 3 aromatic heterocycles. The molecule has 156 valence electrons. The molecule has 5 heterocycles. The summed E-state index contributed by atoms with van der Waals surface area (Å²) in [7, 11) is -1.10. The first-order valence-corrected chi connectivity index (χ1v) is 11.8. The summed E-state index contributed by atoms with van der Waals surface area (Å²) in [6, 6.07) is 3.72. The van der Waals surface area contributed by atoms with E-state index >= 15 is 0 Å². The van der Waals surface area contributed by atoms with Crippen molar-refractivity contribution >= 4 is 39.8 Å². The summed E-state index contributed by atoms with van der Waals surface area (Å²) >= 11 is 6.10.